The molecule has 0 atom stereocenters. The van der Waals surface area contributed by atoms with Crippen molar-refractivity contribution in [1.29, 1.82) is 0 Å². The Morgan fingerprint density at radius 1 is 1.29 bits per heavy atom. The summed E-state index contributed by atoms with van der Waals surface area (Å²) in [6.45, 7) is 5.39. The molecule has 0 aliphatic heterocycles. The van der Waals surface area contributed by atoms with Crippen LogP contribution in [0.4, 0.5) is 0 Å². The van der Waals surface area contributed by atoms with Gasteiger partial charge in [-0.05, 0) is 69.5 Å². The number of rotatable bonds is 7. The standard InChI is InChI=1S/C14H22N2S/c1-11-9-12(2)16-14(10-11)17-8-4-3-7-15-13-5-6-13/h9-10,13,15H,3-8H2,1-2H3. The molecule has 0 bridgehead atoms. The molecule has 0 spiro atoms. The van der Waals surface area contributed by atoms with E-state index in [1.54, 1.807) is 0 Å². The number of hydrogen-bond acceptors (Lipinski definition) is 3. The molecule has 2 nitrogen and oxygen atoms in total. The lowest BCUT2D eigenvalue weighted by Crippen LogP contribution is -2.17. The van der Waals surface area contributed by atoms with E-state index in [4.69, 9.17) is 0 Å². The molecule has 1 aliphatic carbocycles. The van der Waals surface area contributed by atoms with E-state index in [-0.39, 0.29) is 0 Å². The largest absolute Gasteiger partial charge is 0.314 e. The fraction of sp³-hybridized carbons (Fsp3) is 0.643. The zero-order chi connectivity index (χ0) is 12.1. The number of thioether (sulfide) groups is 1. The molecule has 0 unspecified atom stereocenters. The van der Waals surface area contributed by atoms with Crippen molar-refractivity contribution in [3.63, 3.8) is 0 Å². The Balaban J connectivity index is 1.59. The topological polar surface area (TPSA) is 24.9 Å². The second kappa shape index (κ2) is 6.41. The third kappa shape index (κ3) is 5.09. The van der Waals surface area contributed by atoms with Crippen LogP contribution >= 0.6 is 11.8 Å². The van der Waals surface area contributed by atoms with E-state index in [1.807, 2.05) is 11.8 Å². The van der Waals surface area contributed by atoms with Gasteiger partial charge in [-0.1, -0.05) is 0 Å². The fourth-order valence-corrected chi connectivity index (χ4v) is 2.91. The van der Waals surface area contributed by atoms with E-state index in [9.17, 15) is 0 Å². The third-order valence-electron chi connectivity index (χ3n) is 2.91. The molecule has 1 heterocycles. The maximum atomic E-state index is 4.54. The molecular weight excluding hydrogens is 228 g/mol. The van der Waals surface area contributed by atoms with Crippen molar-refractivity contribution in [1.82, 2.24) is 10.3 Å². The summed E-state index contributed by atoms with van der Waals surface area (Å²) in [4.78, 5) is 4.54. The van der Waals surface area contributed by atoms with Crippen LogP contribution in [0.15, 0.2) is 17.2 Å². The number of unbranched alkanes of at least 4 members (excludes halogenated alkanes) is 1. The van der Waals surface area contributed by atoms with Crippen molar-refractivity contribution < 1.29 is 0 Å². The first kappa shape index (κ1) is 12.9. The molecule has 1 aliphatic rings. The van der Waals surface area contributed by atoms with Crippen molar-refractivity contribution in [2.24, 2.45) is 0 Å². The van der Waals surface area contributed by atoms with Crippen LogP contribution in [0.5, 0.6) is 0 Å². The Morgan fingerprint density at radius 3 is 2.82 bits per heavy atom. The molecule has 3 heteroatoms. The van der Waals surface area contributed by atoms with Crippen LogP contribution in [0.2, 0.25) is 0 Å². The lowest BCUT2D eigenvalue weighted by Gasteiger charge is -2.04. The SMILES string of the molecule is Cc1cc(C)nc(SCCCCNC2CC2)c1. The van der Waals surface area contributed by atoms with Gasteiger partial charge in [-0.3, -0.25) is 0 Å². The van der Waals surface area contributed by atoms with Gasteiger partial charge in [-0.2, -0.15) is 0 Å². The maximum absolute atomic E-state index is 4.54. The Bertz CT molecular complexity index is 341. The van der Waals surface area contributed by atoms with Gasteiger partial charge >= 0.3 is 0 Å². The molecule has 0 aromatic carbocycles. The molecule has 1 aromatic rings. The van der Waals surface area contributed by atoms with E-state index in [1.165, 1.54) is 48.6 Å². The van der Waals surface area contributed by atoms with Crippen molar-refractivity contribution in [3.05, 3.63) is 23.4 Å². The summed E-state index contributed by atoms with van der Waals surface area (Å²) in [5.41, 5.74) is 2.44. The second-order valence-electron chi connectivity index (χ2n) is 4.91. The normalized spacial score (nSPS) is 15.2. The number of nitrogens with one attached hydrogen (secondary N) is 1. The summed E-state index contributed by atoms with van der Waals surface area (Å²) in [5.74, 6) is 1.18. The number of nitrogens with zero attached hydrogens (tertiary/aromatic N) is 1. The number of hydrogen-bond donors (Lipinski definition) is 1. The van der Waals surface area contributed by atoms with E-state index in [2.05, 4.69) is 36.3 Å². The Labute approximate surface area is 109 Å². The summed E-state index contributed by atoms with van der Waals surface area (Å²) >= 11 is 1.88. The van der Waals surface area contributed by atoms with Crippen LogP contribution in [0.3, 0.4) is 0 Å². The van der Waals surface area contributed by atoms with Crippen molar-refractivity contribution >= 4 is 11.8 Å². The molecule has 1 fully saturated rings. The van der Waals surface area contributed by atoms with Gasteiger partial charge in [0.2, 0.25) is 0 Å². The summed E-state index contributed by atoms with van der Waals surface area (Å²) in [6.07, 6.45) is 5.34. The van der Waals surface area contributed by atoms with E-state index < -0.39 is 0 Å². The zero-order valence-corrected chi connectivity index (χ0v) is 11.6. The van der Waals surface area contributed by atoms with Gasteiger partial charge in [0, 0.05) is 11.7 Å². The first-order valence-electron chi connectivity index (χ1n) is 6.55. The van der Waals surface area contributed by atoms with Gasteiger partial charge in [-0.15, -0.1) is 11.8 Å². The van der Waals surface area contributed by atoms with Crippen molar-refractivity contribution in [3.8, 4) is 0 Å². The molecule has 0 saturated heterocycles. The molecular formula is C14H22N2S. The van der Waals surface area contributed by atoms with Crippen LogP contribution in [-0.4, -0.2) is 23.3 Å². The molecule has 0 amide bonds. The van der Waals surface area contributed by atoms with Gasteiger partial charge in [0.25, 0.3) is 0 Å². The molecule has 94 valence electrons. The average Bonchev–Trinajstić information content (AvgIpc) is 3.05. The van der Waals surface area contributed by atoms with Gasteiger partial charge in [0.05, 0.1) is 5.03 Å². The quantitative estimate of drug-likeness (QED) is 0.593. The van der Waals surface area contributed by atoms with E-state index >= 15 is 0 Å². The predicted molar refractivity (Wildman–Crippen MR) is 74.7 cm³/mol. The smallest absolute Gasteiger partial charge is 0.0965 e. The Hall–Kier alpha value is -0.540. The molecule has 0 radical (unpaired) electrons. The van der Waals surface area contributed by atoms with Crippen molar-refractivity contribution in [2.45, 2.75) is 50.6 Å². The summed E-state index contributed by atoms with van der Waals surface area (Å²) in [7, 11) is 0. The molecule has 2 rings (SSSR count). The van der Waals surface area contributed by atoms with Gasteiger partial charge in [0.1, 0.15) is 0 Å². The highest BCUT2D eigenvalue weighted by Crippen LogP contribution is 2.20. The second-order valence-corrected chi connectivity index (χ2v) is 6.02. The highest BCUT2D eigenvalue weighted by Gasteiger charge is 2.19. The van der Waals surface area contributed by atoms with E-state index in [0.29, 0.717) is 0 Å². The molecule has 1 saturated carbocycles. The van der Waals surface area contributed by atoms with Gasteiger partial charge in [-0.25, -0.2) is 4.98 Å². The molecule has 17 heavy (non-hydrogen) atoms. The minimum atomic E-state index is 0.851. The highest BCUT2D eigenvalue weighted by atomic mass is 32.2. The lowest BCUT2D eigenvalue weighted by atomic mass is 10.3. The number of aromatic nitrogens is 1. The Morgan fingerprint density at radius 2 is 2.12 bits per heavy atom. The third-order valence-corrected chi connectivity index (χ3v) is 3.90. The summed E-state index contributed by atoms with van der Waals surface area (Å²) < 4.78 is 0. The number of pyridine rings is 1. The number of aryl methyl sites for hydroxylation is 2. The van der Waals surface area contributed by atoms with Crippen LogP contribution in [0.1, 0.15) is 36.9 Å². The summed E-state index contributed by atoms with van der Waals surface area (Å²) in [5, 5.41) is 4.73. The lowest BCUT2D eigenvalue weighted by molar-refractivity contribution is 0.640. The predicted octanol–water partition coefficient (Wildman–Crippen LogP) is 3.32. The summed E-state index contributed by atoms with van der Waals surface area (Å²) in [6, 6.07) is 5.16. The van der Waals surface area contributed by atoms with Crippen LogP contribution < -0.4 is 5.32 Å². The average molecular weight is 250 g/mol. The Kier molecular flexibility index (Phi) is 4.86. The minimum Gasteiger partial charge on any atom is -0.314 e. The van der Waals surface area contributed by atoms with Crippen molar-refractivity contribution in [2.75, 3.05) is 12.3 Å². The minimum absolute atomic E-state index is 0.851. The van der Waals surface area contributed by atoms with Gasteiger partial charge in [0.15, 0.2) is 0 Å². The zero-order valence-electron chi connectivity index (χ0n) is 10.8. The molecule has 1 N–H and O–H groups in total. The first-order chi connectivity index (χ1) is 8.24. The maximum Gasteiger partial charge on any atom is 0.0965 e. The monoisotopic (exact) mass is 250 g/mol. The van der Waals surface area contributed by atoms with Crippen LogP contribution in [-0.2, 0) is 0 Å². The first-order valence-corrected chi connectivity index (χ1v) is 7.54. The van der Waals surface area contributed by atoms with Crippen LogP contribution in [0, 0.1) is 13.8 Å². The fourth-order valence-electron chi connectivity index (χ4n) is 1.88. The molecule has 1 aromatic heterocycles. The van der Waals surface area contributed by atoms with E-state index in [0.717, 1.165) is 11.7 Å². The van der Waals surface area contributed by atoms with Gasteiger partial charge < -0.3 is 5.32 Å². The van der Waals surface area contributed by atoms with Crippen LogP contribution in [0.25, 0.3) is 0 Å². The highest BCUT2D eigenvalue weighted by molar-refractivity contribution is 7.99.